The van der Waals surface area contributed by atoms with Crippen LogP contribution in [-0.2, 0) is 10.0 Å². The lowest BCUT2D eigenvalue weighted by molar-refractivity contribution is 0.0987. The lowest BCUT2D eigenvalue weighted by Gasteiger charge is -2.25. The molecule has 41 heavy (non-hydrogen) atoms. The molecule has 1 aliphatic heterocycles. The van der Waals surface area contributed by atoms with E-state index in [1.165, 1.54) is 52.4 Å². The van der Waals surface area contributed by atoms with Gasteiger partial charge in [-0.3, -0.25) is 9.59 Å². The average Bonchev–Trinajstić information content (AvgIpc) is 3.41. The predicted molar refractivity (Wildman–Crippen MR) is 160 cm³/mol. The van der Waals surface area contributed by atoms with Crippen molar-refractivity contribution in [3.8, 4) is 0 Å². The van der Waals surface area contributed by atoms with Gasteiger partial charge >= 0.3 is 0 Å². The summed E-state index contributed by atoms with van der Waals surface area (Å²) in [5, 5.41) is 6.22. The summed E-state index contributed by atoms with van der Waals surface area (Å²) in [7, 11) is -3.64. The number of aromatic nitrogens is 1. The number of para-hydroxylation sites is 1. The SMILES string of the molecule is Cc1ccc2nc(N(/N=C/c3coc4ccccc4c3=O)C(=O)c3ccc(S(=O)(=O)N4CCCCC4)cc3)sc2c1. The van der Waals surface area contributed by atoms with E-state index in [1.807, 2.05) is 25.1 Å². The number of fused-ring (bicyclic) bond motifs is 2. The summed E-state index contributed by atoms with van der Waals surface area (Å²) in [6.07, 6.45) is 5.27. The van der Waals surface area contributed by atoms with Crippen LogP contribution in [-0.4, -0.2) is 42.9 Å². The van der Waals surface area contributed by atoms with Crippen LogP contribution < -0.4 is 10.4 Å². The maximum absolute atomic E-state index is 13.8. The van der Waals surface area contributed by atoms with Crippen LogP contribution in [0.2, 0.25) is 0 Å². The van der Waals surface area contributed by atoms with Crippen LogP contribution in [0.3, 0.4) is 0 Å². The van der Waals surface area contributed by atoms with E-state index in [1.54, 1.807) is 24.3 Å². The highest BCUT2D eigenvalue weighted by molar-refractivity contribution is 7.89. The molecule has 3 aromatic carbocycles. The lowest BCUT2D eigenvalue weighted by Crippen LogP contribution is -2.35. The van der Waals surface area contributed by atoms with E-state index >= 15 is 0 Å². The molecule has 0 unspecified atom stereocenters. The fourth-order valence-corrected chi connectivity index (χ4v) is 7.28. The summed E-state index contributed by atoms with van der Waals surface area (Å²) in [4.78, 5) is 31.6. The third-order valence-corrected chi connectivity index (χ3v) is 9.89. The molecule has 0 spiro atoms. The quantitative estimate of drug-likeness (QED) is 0.190. The predicted octanol–water partition coefficient (Wildman–Crippen LogP) is 5.57. The molecule has 6 rings (SSSR count). The molecule has 0 bridgehead atoms. The fraction of sp³-hybridized carbons (Fsp3) is 0.200. The Labute approximate surface area is 240 Å². The second-order valence-corrected chi connectivity index (χ2v) is 12.8. The third-order valence-electron chi connectivity index (χ3n) is 6.98. The Morgan fingerprint density at radius 3 is 2.59 bits per heavy atom. The van der Waals surface area contributed by atoms with Gasteiger partial charge in [0, 0.05) is 18.7 Å². The number of carbonyl (C=O) groups is 1. The maximum Gasteiger partial charge on any atom is 0.280 e. The molecule has 0 saturated carbocycles. The number of hydrogen-bond donors (Lipinski definition) is 0. The van der Waals surface area contributed by atoms with Crippen molar-refractivity contribution in [3.63, 3.8) is 0 Å². The monoisotopic (exact) mass is 586 g/mol. The first-order valence-corrected chi connectivity index (χ1v) is 15.4. The number of aryl methyl sites for hydroxylation is 1. The van der Waals surface area contributed by atoms with E-state index in [-0.39, 0.29) is 21.5 Å². The molecule has 2 aromatic heterocycles. The van der Waals surface area contributed by atoms with E-state index < -0.39 is 15.9 Å². The van der Waals surface area contributed by atoms with Crippen molar-refractivity contribution < 1.29 is 17.6 Å². The maximum atomic E-state index is 13.8. The molecule has 9 nitrogen and oxygen atoms in total. The zero-order chi connectivity index (χ0) is 28.6. The Bertz CT molecular complexity index is 1960. The Kier molecular flexibility index (Phi) is 7.24. The molecule has 3 heterocycles. The number of thiazole rings is 1. The Hall–Kier alpha value is -4.19. The number of sulfonamides is 1. The second-order valence-electron chi connectivity index (χ2n) is 9.83. The summed E-state index contributed by atoms with van der Waals surface area (Å²) in [6, 6.07) is 18.5. The summed E-state index contributed by atoms with van der Waals surface area (Å²) in [5.41, 5.74) is 2.31. The first-order valence-electron chi connectivity index (χ1n) is 13.2. The first-order chi connectivity index (χ1) is 19.8. The summed E-state index contributed by atoms with van der Waals surface area (Å²) in [6.45, 7) is 2.95. The molecule has 0 radical (unpaired) electrons. The van der Waals surface area contributed by atoms with E-state index in [0.29, 0.717) is 34.7 Å². The van der Waals surface area contributed by atoms with Crippen molar-refractivity contribution in [2.75, 3.05) is 18.1 Å². The van der Waals surface area contributed by atoms with Crippen molar-refractivity contribution in [2.45, 2.75) is 31.1 Å². The van der Waals surface area contributed by atoms with Crippen LogP contribution in [0.5, 0.6) is 0 Å². The van der Waals surface area contributed by atoms with Crippen molar-refractivity contribution in [1.29, 1.82) is 0 Å². The molecule has 208 valence electrons. The number of piperidine rings is 1. The highest BCUT2D eigenvalue weighted by Crippen LogP contribution is 2.31. The number of hydrazone groups is 1. The molecule has 5 aromatic rings. The van der Waals surface area contributed by atoms with E-state index in [2.05, 4.69) is 10.1 Å². The number of nitrogens with zero attached hydrogens (tertiary/aromatic N) is 4. The Morgan fingerprint density at radius 2 is 1.80 bits per heavy atom. The summed E-state index contributed by atoms with van der Waals surface area (Å²) >= 11 is 1.29. The molecule has 0 aliphatic carbocycles. The molecule has 0 atom stereocenters. The molecule has 11 heteroatoms. The zero-order valence-corrected chi connectivity index (χ0v) is 23.8. The van der Waals surface area contributed by atoms with Gasteiger partial charge in [0.05, 0.1) is 32.3 Å². The van der Waals surface area contributed by atoms with Gasteiger partial charge in [-0.05, 0) is 73.9 Å². The fourth-order valence-electron chi connectivity index (χ4n) is 4.75. The van der Waals surface area contributed by atoms with E-state index in [9.17, 15) is 18.0 Å². The van der Waals surface area contributed by atoms with E-state index in [0.717, 1.165) is 34.5 Å². The molecule has 1 aliphatic rings. The number of anilines is 1. The van der Waals surface area contributed by atoms with Crippen LogP contribution in [0.4, 0.5) is 5.13 Å². The Balaban J connectivity index is 1.37. The van der Waals surface area contributed by atoms with Crippen molar-refractivity contribution in [1.82, 2.24) is 9.29 Å². The first kappa shape index (κ1) is 27.0. The largest absolute Gasteiger partial charge is 0.463 e. The van der Waals surface area contributed by atoms with E-state index in [4.69, 9.17) is 4.42 Å². The normalized spacial score (nSPS) is 14.7. The second kappa shape index (κ2) is 11.0. The standard InChI is InChI=1S/C30H26N4O5S2/c1-20-9-14-25-27(17-20)40-30(32-25)34(31-18-22-19-39-26-8-4-3-7-24(26)28(22)35)29(36)21-10-12-23(13-11-21)41(37,38)33-15-5-2-6-16-33/h3-4,7-14,17-19H,2,5-6,15-16H2,1H3/b31-18+. The minimum atomic E-state index is -3.64. The lowest BCUT2D eigenvalue weighted by atomic mass is 10.2. The van der Waals surface area contributed by atoms with Gasteiger partial charge in [-0.2, -0.15) is 14.4 Å². The van der Waals surface area contributed by atoms with Crippen molar-refractivity contribution in [3.05, 3.63) is 99.9 Å². The van der Waals surface area contributed by atoms with Crippen LogP contribution in [0.1, 0.15) is 40.7 Å². The van der Waals surface area contributed by atoms with Gasteiger partial charge in [0.1, 0.15) is 11.8 Å². The van der Waals surface area contributed by atoms with Gasteiger partial charge in [0.2, 0.25) is 20.6 Å². The highest BCUT2D eigenvalue weighted by atomic mass is 32.2. The third kappa shape index (κ3) is 5.31. The van der Waals surface area contributed by atoms with Crippen LogP contribution in [0, 0.1) is 6.92 Å². The minimum Gasteiger partial charge on any atom is -0.463 e. The molecule has 1 fully saturated rings. The van der Waals surface area contributed by atoms with Gasteiger partial charge in [-0.25, -0.2) is 13.4 Å². The van der Waals surface area contributed by atoms with Crippen LogP contribution >= 0.6 is 11.3 Å². The average molecular weight is 587 g/mol. The van der Waals surface area contributed by atoms with Gasteiger partial charge in [-0.1, -0.05) is 36.0 Å². The molecule has 1 saturated heterocycles. The number of hydrogen-bond acceptors (Lipinski definition) is 8. The van der Waals surface area contributed by atoms with Gasteiger partial charge in [-0.15, -0.1) is 0 Å². The van der Waals surface area contributed by atoms with Gasteiger partial charge < -0.3 is 4.42 Å². The van der Waals surface area contributed by atoms with Gasteiger partial charge in [0.25, 0.3) is 5.91 Å². The molecule has 1 amide bonds. The zero-order valence-electron chi connectivity index (χ0n) is 22.2. The summed E-state index contributed by atoms with van der Waals surface area (Å²) < 4.78 is 34.1. The van der Waals surface area contributed by atoms with Gasteiger partial charge in [0.15, 0.2) is 0 Å². The number of benzene rings is 3. The summed E-state index contributed by atoms with van der Waals surface area (Å²) in [5.74, 6) is -0.524. The molecular formula is C30H26N4O5S2. The topological polar surface area (TPSA) is 113 Å². The smallest absolute Gasteiger partial charge is 0.280 e. The van der Waals surface area contributed by atoms with Crippen molar-refractivity contribution in [2.24, 2.45) is 5.10 Å². The molecule has 0 N–H and O–H groups in total. The minimum absolute atomic E-state index is 0.134. The number of amides is 1. The molecular weight excluding hydrogens is 560 g/mol. The highest BCUT2D eigenvalue weighted by Gasteiger charge is 2.27. The number of carbonyl (C=O) groups excluding carboxylic acids is 1. The van der Waals surface area contributed by atoms with Crippen LogP contribution in [0.25, 0.3) is 21.2 Å². The van der Waals surface area contributed by atoms with Crippen molar-refractivity contribution >= 4 is 59.8 Å². The number of rotatable bonds is 6. The Morgan fingerprint density at radius 1 is 1.05 bits per heavy atom. The van der Waals surface area contributed by atoms with Crippen LogP contribution in [0.15, 0.2) is 92.2 Å².